The summed E-state index contributed by atoms with van der Waals surface area (Å²) >= 11 is 1.92. The van der Waals surface area contributed by atoms with Gasteiger partial charge in [0.25, 0.3) is 0 Å². The average molecular weight is 376 g/mol. The Kier molecular flexibility index (Phi) is 4.78. The van der Waals surface area contributed by atoms with Crippen LogP contribution in [0.4, 0.5) is 5.69 Å². The number of rotatable bonds is 4. The average Bonchev–Trinajstić information content (AvgIpc) is 3.15. The van der Waals surface area contributed by atoms with E-state index in [2.05, 4.69) is 80.8 Å². The zero-order valence-electron chi connectivity index (χ0n) is 15.6. The van der Waals surface area contributed by atoms with Crippen molar-refractivity contribution in [2.24, 2.45) is 0 Å². The van der Waals surface area contributed by atoms with Crippen LogP contribution in [0, 0.1) is 0 Å². The molecule has 3 nitrogen and oxygen atoms in total. The molecule has 1 fully saturated rings. The smallest absolute Gasteiger partial charge is 0.0446 e. The topological polar surface area (TPSA) is 9.72 Å². The van der Waals surface area contributed by atoms with Crippen molar-refractivity contribution in [1.82, 2.24) is 9.21 Å². The second-order valence-electron chi connectivity index (χ2n) is 7.39. The fourth-order valence-corrected chi connectivity index (χ4v) is 5.20. The first-order valence-electron chi connectivity index (χ1n) is 9.83. The Morgan fingerprint density at radius 1 is 0.741 bits per heavy atom. The van der Waals surface area contributed by atoms with Crippen molar-refractivity contribution < 1.29 is 0 Å². The third kappa shape index (κ3) is 3.57. The van der Waals surface area contributed by atoms with E-state index in [4.69, 9.17) is 0 Å². The van der Waals surface area contributed by atoms with Crippen LogP contribution in [-0.2, 0) is 6.54 Å². The van der Waals surface area contributed by atoms with Crippen molar-refractivity contribution in [2.75, 3.05) is 44.2 Å². The molecular formula is C23H25N3S. The lowest BCUT2D eigenvalue weighted by atomic mass is 10.1. The molecule has 0 unspecified atom stereocenters. The predicted octanol–water partition coefficient (Wildman–Crippen LogP) is 4.48. The highest BCUT2D eigenvalue weighted by atomic mass is 32.2. The van der Waals surface area contributed by atoms with E-state index in [1.54, 1.807) is 0 Å². The van der Waals surface area contributed by atoms with E-state index in [1.165, 1.54) is 26.9 Å². The number of piperazine rings is 1. The minimum Gasteiger partial charge on any atom is -0.368 e. The summed E-state index contributed by atoms with van der Waals surface area (Å²) in [5.74, 6) is 0. The first-order valence-corrected chi connectivity index (χ1v) is 10.6. The largest absolute Gasteiger partial charge is 0.368 e. The fraction of sp³-hybridized carbons (Fsp3) is 0.304. The van der Waals surface area contributed by atoms with Gasteiger partial charge in [-0.15, -0.1) is 0 Å². The molecule has 0 atom stereocenters. The number of benzene rings is 3. The van der Waals surface area contributed by atoms with Gasteiger partial charge < -0.3 is 4.90 Å². The number of anilines is 1. The summed E-state index contributed by atoms with van der Waals surface area (Å²) in [4.78, 5) is 6.60. The summed E-state index contributed by atoms with van der Waals surface area (Å²) in [6, 6.07) is 24.2. The minimum atomic E-state index is 1.08. The maximum atomic E-state index is 2.62. The summed E-state index contributed by atoms with van der Waals surface area (Å²) in [6.07, 6.45) is 0. The van der Waals surface area contributed by atoms with Gasteiger partial charge in [0.1, 0.15) is 0 Å². The second kappa shape index (κ2) is 7.55. The van der Waals surface area contributed by atoms with E-state index in [9.17, 15) is 0 Å². The standard InChI is InChI=1S/C23H25N3S/c1-3-9-21-19(6-1)8-5-10-22(21)25-15-12-24(13-16-25)14-17-26-18-20-7-2-4-11-23(20)27-26/h1-11H,12-18H2. The van der Waals surface area contributed by atoms with Crippen LogP contribution in [0.15, 0.2) is 71.6 Å². The molecule has 2 aliphatic heterocycles. The van der Waals surface area contributed by atoms with Crippen molar-refractivity contribution in [1.29, 1.82) is 0 Å². The molecule has 0 aliphatic carbocycles. The summed E-state index contributed by atoms with van der Waals surface area (Å²) in [5.41, 5.74) is 2.86. The number of hydrogen-bond donors (Lipinski definition) is 0. The molecule has 138 valence electrons. The SMILES string of the molecule is c1ccc2c(c1)CN(CCN1CCN(c3cccc4ccccc34)CC1)S2. The van der Waals surface area contributed by atoms with Gasteiger partial charge in [-0.25, -0.2) is 4.31 Å². The van der Waals surface area contributed by atoms with Crippen LogP contribution in [0.2, 0.25) is 0 Å². The predicted molar refractivity (Wildman–Crippen MR) is 115 cm³/mol. The van der Waals surface area contributed by atoms with Crippen molar-refractivity contribution in [3.8, 4) is 0 Å². The van der Waals surface area contributed by atoms with Gasteiger partial charge in [-0.05, 0) is 35.0 Å². The van der Waals surface area contributed by atoms with E-state index in [0.717, 1.165) is 45.8 Å². The molecule has 0 amide bonds. The molecule has 0 radical (unpaired) electrons. The molecule has 3 aromatic rings. The summed E-state index contributed by atoms with van der Waals surface area (Å²) in [7, 11) is 0. The normalized spacial score (nSPS) is 18.1. The molecule has 0 aromatic heterocycles. The molecular weight excluding hydrogens is 350 g/mol. The highest BCUT2D eigenvalue weighted by molar-refractivity contribution is 7.97. The van der Waals surface area contributed by atoms with Gasteiger partial charge in [-0.1, -0.05) is 54.6 Å². The van der Waals surface area contributed by atoms with Gasteiger partial charge in [0.05, 0.1) is 0 Å². The molecule has 1 saturated heterocycles. The molecule has 4 heteroatoms. The van der Waals surface area contributed by atoms with Crippen LogP contribution < -0.4 is 4.90 Å². The Balaban J connectivity index is 1.17. The molecule has 0 N–H and O–H groups in total. The van der Waals surface area contributed by atoms with Gasteiger partial charge in [0, 0.05) is 61.8 Å². The molecule has 0 saturated carbocycles. The molecule has 0 spiro atoms. The quantitative estimate of drug-likeness (QED) is 0.622. The zero-order chi connectivity index (χ0) is 18.1. The fourth-order valence-electron chi connectivity index (χ4n) is 4.16. The third-order valence-corrected chi connectivity index (χ3v) is 6.86. The number of hydrogen-bond acceptors (Lipinski definition) is 4. The minimum absolute atomic E-state index is 1.08. The van der Waals surface area contributed by atoms with E-state index in [0.29, 0.717) is 0 Å². The van der Waals surface area contributed by atoms with Gasteiger partial charge >= 0.3 is 0 Å². The van der Waals surface area contributed by atoms with Gasteiger partial charge in [-0.3, -0.25) is 4.90 Å². The summed E-state index contributed by atoms with van der Waals surface area (Å²) < 4.78 is 2.50. The molecule has 27 heavy (non-hydrogen) atoms. The van der Waals surface area contributed by atoms with Gasteiger partial charge in [-0.2, -0.15) is 0 Å². The Morgan fingerprint density at radius 3 is 2.41 bits per heavy atom. The molecule has 3 aromatic carbocycles. The van der Waals surface area contributed by atoms with Gasteiger partial charge in [0.2, 0.25) is 0 Å². The zero-order valence-corrected chi connectivity index (χ0v) is 16.4. The van der Waals surface area contributed by atoms with E-state index < -0.39 is 0 Å². The lowest BCUT2D eigenvalue weighted by molar-refractivity contribution is 0.241. The van der Waals surface area contributed by atoms with Crippen LogP contribution in [-0.4, -0.2) is 48.5 Å². The maximum Gasteiger partial charge on any atom is 0.0446 e. The second-order valence-corrected chi connectivity index (χ2v) is 8.53. The maximum absolute atomic E-state index is 2.62. The number of nitrogens with zero attached hydrogens (tertiary/aromatic N) is 3. The lowest BCUT2D eigenvalue weighted by Gasteiger charge is -2.37. The first kappa shape index (κ1) is 17.1. The highest BCUT2D eigenvalue weighted by Gasteiger charge is 2.22. The summed E-state index contributed by atoms with van der Waals surface area (Å²) in [6.45, 7) is 7.89. The Morgan fingerprint density at radius 2 is 1.52 bits per heavy atom. The van der Waals surface area contributed by atoms with Crippen LogP contribution >= 0.6 is 11.9 Å². The lowest BCUT2D eigenvalue weighted by Crippen LogP contribution is -2.48. The monoisotopic (exact) mass is 375 g/mol. The van der Waals surface area contributed by atoms with Crippen molar-refractivity contribution in [3.05, 3.63) is 72.3 Å². The van der Waals surface area contributed by atoms with Crippen LogP contribution in [0.5, 0.6) is 0 Å². The first-order chi connectivity index (χ1) is 13.4. The molecule has 2 aliphatic rings. The Bertz CT molecular complexity index is 903. The summed E-state index contributed by atoms with van der Waals surface area (Å²) in [5, 5.41) is 2.71. The molecule has 0 bridgehead atoms. The molecule has 5 rings (SSSR count). The Hall–Kier alpha value is -2.01. The van der Waals surface area contributed by atoms with Crippen LogP contribution in [0.25, 0.3) is 10.8 Å². The van der Waals surface area contributed by atoms with Crippen LogP contribution in [0.3, 0.4) is 0 Å². The van der Waals surface area contributed by atoms with Crippen molar-refractivity contribution >= 4 is 28.4 Å². The van der Waals surface area contributed by atoms with Crippen LogP contribution in [0.1, 0.15) is 5.56 Å². The molecule has 2 heterocycles. The third-order valence-electron chi connectivity index (χ3n) is 5.69. The van der Waals surface area contributed by atoms with E-state index in [-0.39, 0.29) is 0 Å². The van der Waals surface area contributed by atoms with Crippen molar-refractivity contribution in [2.45, 2.75) is 11.4 Å². The van der Waals surface area contributed by atoms with E-state index >= 15 is 0 Å². The van der Waals surface area contributed by atoms with Gasteiger partial charge in [0.15, 0.2) is 0 Å². The highest BCUT2D eigenvalue weighted by Crippen LogP contribution is 2.35. The Labute approximate surface area is 165 Å². The number of fused-ring (bicyclic) bond motifs is 2. The van der Waals surface area contributed by atoms with Crippen molar-refractivity contribution in [3.63, 3.8) is 0 Å². The van der Waals surface area contributed by atoms with E-state index in [1.807, 2.05) is 11.9 Å².